The summed E-state index contributed by atoms with van der Waals surface area (Å²) in [7, 11) is 1.59. The Balaban J connectivity index is 2.98. The Morgan fingerprint density at radius 1 is 1.44 bits per heavy atom. The molecule has 0 radical (unpaired) electrons. The van der Waals surface area contributed by atoms with Crippen molar-refractivity contribution in [3.05, 3.63) is 23.8 Å². The van der Waals surface area contributed by atoms with Crippen LogP contribution in [-0.2, 0) is 11.2 Å². The SMILES string of the molecule is CCc1ccc(OC)c(NC(=O)C(C)(C)CN)c1. The summed E-state index contributed by atoms with van der Waals surface area (Å²) in [5, 5.41) is 2.88. The maximum Gasteiger partial charge on any atom is 0.231 e. The summed E-state index contributed by atoms with van der Waals surface area (Å²) in [6.45, 7) is 6.00. The van der Waals surface area contributed by atoms with E-state index in [1.807, 2.05) is 32.0 Å². The van der Waals surface area contributed by atoms with Gasteiger partial charge in [0.15, 0.2) is 0 Å². The molecule has 0 fully saturated rings. The van der Waals surface area contributed by atoms with Crippen LogP contribution < -0.4 is 15.8 Å². The Morgan fingerprint density at radius 2 is 2.11 bits per heavy atom. The summed E-state index contributed by atoms with van der Waals surface area (Å²) in [6, 6.07) is 5.79. The second kappa shape index (κ2) is 5.87. The summed E-state index contributed by atoms with van der Waals surface area (Å²) in [5.41, 5.74) is 6.85. The summed E-state index contributed by atoms with van der Waals surface area (Å²) in [4.78, 5) is 12.1. The number of carbonyl (C=O) groups is 1. The normalized spacial score (nSPS) is 11.2. The van der Waals surface area contributed by atoms with Gasteiger partial charge in [-0.25, -0.2) is 0 Å². The molecule has 1 rings (SSSR count). The molecular formula is C14H22N2O2. The topological polar surface area (TPSA) is 64.3 Å². The van der Waals surface area contributed by atoms with Crippen molar-refractivity contribution >= 4 is 11.6 Å². The van der Waals surface area contributed by atoms with Crippen molar-refractivity contribution in [1.82, 2.24) is 0 Å². The monoisotopic (exact) mass is 250 g/mol. The molecule has 0 unspecified atom stereocenters. The summed E-state index contributed by atoms with van der Waals surface area (Å²) in [5.74, 6) is 0.560. The molecular weight excluding hydrogens is 228 g/mol. The van der Waals surface area contributed by atoms with E-state index in [9.17, 15) is 4.79 Å². The van der Waals surface area contributed by atoms with E-state index in [2.05, 4.69) is 12.2 Å². The Bertz CT molecular complexity index is 428. The van der Waals surface area contributed by atoms with Crippen molar-refractivity contribution in [3.8, 4) is 5.75 Å². The standard InChI is InChI=1S/C14H22N2O2/c1-5-10-6-7-12(18-4)11(8-10)16-13(17)14(2,3)9-15/h6-8H,5,9,15H2,1-4H3,(H,16,17). The number of aryl methyl sites for hydroxylation is 1. The molecule has 4 nitrogen and oxygen atoms in total. The number of carbonyl (C=O) groups excluding carboxylic acids is 1. The number of nitrogens with one attached hydrogen (secondary N) is 1. The Hall–Kier alpha value is -1.55. The number of benzene rings is 1. The summed E-state index contributed by atoms with van der Waals surface area (Å²) in [6.07, 6.45) is 0.910. The highest BCUT2D eigenvalue weighted by Gasteiger charge is 2.26. The van der Waals surface area contributed by atoms with E-state index in [0.29, 0.717) is 18.0 Å². The fourth-order valence-electron chi connectivity index (χ4n) is 1.46. The van der Waals surface area contributed by atoms with Gasteiger partial charge in [-0.05, 0) is 38.0 Å². The van der Waals surface area contributed by atoms with Gasteiger partial charge in [-0.1, -0.05) is 13.0 Å². The van der Waals surface area contributed by atoms with E-state index in [1.165, 1.54) is 0 Å². The van der Waals surface area contributed by atoms with Crippen LogP contribution in [0.1, 0.15) is 26.3 Å². The third-order valence-electron chi connectivity index (χ3n) is 3.05. The van der Waals surface area contributed by atoms with E-state index in [0.717, 1.165) is 12.0 Å². The molecule has 3 N–H and O–H groups in total. The minimum atomic E-state index is -0.590. The van der Waals surface area contributed by atoms with Gasteiger partial charge in [0, 0.05) is 6.54 Å². The number of methoxy groups -OCH3 is 1. The number of nitrogens with two attached hydrogens (primary N) is 1. The average Bonchev–Trinajstić information content (AvgIpc) is 2.38. The van der Waals surface area contributed by atoms with Gasteiger partial charge in [-0.3, -0.25) is 4.79 Å². The van der Waals surface area contributed by atoms with Crippen molar-refractivity contribution in [1.29, 1.82) is 0 Å². The van der Waals surface area contributed by atoms with E-state index in [4.69, 9.17) is 10.5 Å². The highest BCUT2D eigenvalue weighted by Crippen LogP contribution is 2.27. The second-order valence-corrected chi connectivity index (χ2v) is 4.93. The molecule has 0 aliphatic heterocycles. The molecule has 0 aliphatic rings. The highest BCUT2D eigenvalue weighted by molar-refractivity contribution is 5.96. The molecule has 4 heteroatoms. The number of amides is 1. The lowest BCUT2D eigenvalue weighted by molar-refractivity contribution is -0.123. The number of rotatable bonds is 5. The zero-order chi connectivity index (χ0) is 13.8. The lowest BCUT2D eigenvalue weighted by Crippen LogP contribution is -2.37. The lowest BCUT2D eigenvalue weighted by atomic mass is 9.92. The van der Waals surface area contributed by atoms with Gasteiger partial charge in [0.05, 0.1) is 18.2 Å². The third-order valence-corrected chi connectivity index (χ3v) is 3.05. The van der Waals surface area contributed by atoms with Crippen molar-refractivity contribution in [2.24, 2.45) is 11.1 Å². The van der Waals surface area contributed by atoms with Crippen LogP contribution >= 0.6 is 0 Å². The maximum atomic E-state index is 12.1. The van der Waals surface area contributed by atoms with Gasteiger partial charge >= 0.3 is 0 Å². The molecule has 0 saturated heterocycles. The predicted molar refractivity (Wildman–Crippen MR) is 73.8 cm³/mol. The van der Waals surface area contributed by atoms with Gasteiger partial charge in [0.1, 0.15) is 5.75 Å². The fourth-order valence-corrected chi connectivity index (χ4v) is 1.46. The Labute approximate surface area is 109 Å². The molecule has 0 aromatic heterocycles. The van der Waals surface area contributed by atoms with Gasteiger partial charge in [-0.2, -0.15) is 0 Å². The minimum absolute atomic E-state index is 0.100. The molecule has 0 saturated carbocycles. The van der Waals surface area contributed by atoms with Crippen LogP contribution in [0.3, 0.4) is 0 Å². The van der Waals surface area contributed by atoms with E-state index in [-0.39, 0.29) is 5.91 Å². The van der Waals surface area contributed by atoms with Crippen LogP contribution in [-0.4, -0.2) is 19.6 Å². The van der Waals surface area contributed by atoms with Crippen LogP contribution in [0, 0.1) is 5.41 Å². The van der Waals surface area contributed by atoms with E-state index >= 15 is 0 Å². The molecule has 1 aromatic rings. The zero-order valence-corrected chi connectivity index (χ0v) is 11.5. The molecule has 1 aromatic carbocycles. The van der Waals surface area contributed by atoms with Crippen LogP contribution in [0.25, 0.3) is 0 Å². The van der Waals surface area contributed by atoms with Crippen molar-refractivity contribution in [3.63, 3.8) is 0 Å². The molecule has 0 aliphatic carbocycles. The maximum absolute atomic E-state index is 12.1. The molecule has 18 heavy (non-hydrogen) atoms. The molecule has 0 spiro atoms. The van der Waals surface area contributed by atoms with Crippen LogP contribution in [0.5, 0.6) is 5.75 Å². The second-order valence-electron chi connectivity index (χ2n) is 4.93. The first-order chi connectivity index (χ1) is 8.44. The number of ether oxygens (including phenoxy) is 1. The van der Waals surface area contributed by atoms with E-state index in [1.54, 1.807) is 7.11 Å². The van der Waals surface area contributed by atoms with Crippen LogP contribution in [0.15, 0.2) is 18.2 Å². The molecule has 100 valence electrons. The van der Waals surface area contributed by atoms with Gasteiger partial charge in [0.25, 0.3) is 0 Å². The van der Waals surface area contributed by atoms with Gasteiger partial charge in [0.2, 0.25) is 5.91 Å². The minimum Gasteiger partial charge on any atom is -0.495 e. The zero-order valence-electron chi connectivity index (χ0n) is 11.5. The largest absolute Gasteiger partial charge is 0.495 e. The van der Waals surface area contributed by atoms with Gasteiger partial charge in [-0.15, -0.1) is 0 Å². The number of hydrogen-bond acceptors (Lipinski definition) is 3. The summed E-state index contributed by atoms with van der Waals surface area (Å²) < 4.78 is 5.25. The van der Waals surface area contributed by atoms with Crippen molar-refractivity contribution < 1.29 is 9.53 Å². The van der Waals surface area contributed by atoms with Crippen molar-refractivity contribution in [2.75, 3.05) is 19.0 Å². The lowest BCUT2D eigenvalue weighted by Gasteiger charge is -2.22. The number of anilines is 1. The first kappa shape index (κ1) is 14.5. The predicted octanol–water partition coefficient (Wildman–Crippen LogP) is 2.18. The van der Waals surface area contributed by atoms with Gasteiger partial charge < -0.3 is 15.8 Å². The molecule has 0 bridgehead atoms. The molecule has 0 heterocycles. The molecule has 0 atom stereocenters. The van der Waals surface area contributed by atoms with Crippen molar-refractivity contribution in [2.45, 2.75) is 27.2 Å². The Kier molecular flexibility index (Phi) is 4.73. The smallest absolute Gasteiger partial charge is 0.231 e. The Morgan fingerprint density at radius 3 is 2.61 bits per heavy atom. The number of hydrogen-bond donors (Lipinski definition) is 2. The van der Waals surface area contributed by atoms with E-state index < -0.39 is 5.41 Å². The van der Waals surface area contributed by atoms with Crippen LogP contribution in [0.4, 0.5) is 5.69 Å². The quantitative estimate of drug-likeness (QED) is 0.842. The highest BCUT2D eigenvalue weighted by atomic mass is 16.5. The first-order valence-electron chi connectivity index (χ1n) is 6.13. The summed E-state index contributed by atoms with van der Waals surface area (Å²) >= 11 is 0. The average molecular weight is 250 g/mol. The fraction of sp³-hybridized carbons (Fsp3) is 0.500. The molecule has 1 amide bonds. The third kappa shape index (κ3) is 3.23. The first-order valence-corrected chi connectivity index (χ1v) is 6.13. The van der Waals surface area contributed by atoms with Crippen LogP contribution in [0.2, 0.25) is 0 Å².